The average molecular weight is 273 g/mol. The first kappa shape index (κ1) is 14.0. The van der Waals surface area contributed by atoms with Crippen molar-refractivity contribution in [3.63, 3.8) is 0 Å². The van der Waals surface area contributed by atoms with E-state index in [-0.39, 0.29) is 11.3 Å². The number of hydrogen-bond acceptors (Lipinski definition) is 1. The van der Waals surface area contributed by atoms with Gasteiger partial charge < -0.3 is 0 Å². The minimum atomic E-state index is -0.746. The Bertz CT molecular complexity index is 649. The lowest BCUT2D eigenvalue weighted by atomic mass is 9.98. The van der Waals surface area contributed by atoms with Crippen LogP contribution in [0.2, 0.25) is 0 Å². The van der Waals surface area contributed by atoms with E-state index in [1.807, 2.05) is 26.0 Å². The van der Waals surface area contributed by atoms with Gasteiger partial charge in [0.2, 0.25) is 0 Å². The Morgan fingerprint density at radius 3 is 2.05 bits per heavy atom. The molecule has 0 aliphatic carbocycles. The van der Waals surface area contributed by atoms with Crippen LogP contribution in [0.15, 0.2) is 41.5 Å². The van der Waals surface area contributed by atoms with Crippen molar-refractivity contribution in [1.29, 1.82) is 0 Å². The van der Waals surface area contributed by atoms with E-state index in [1.165, 1.54) is 0 Å². The van der Waals surface area contributed by atoms with E-state index in [2.05, 4.69) is 10.0 Å². The summed E-state index contributed by atoms with van der Waals surface area (Å²) >= 11 is 0. The maximum absolute atomic E-state index is 14.0. The van der Waals surface area contributed by atoms with Crippen molar-refractivity contribution in [3.05, 3.63) is 64.0 Å². The van der Waals surface area contributed by atoms with Crippen molar-refractivity contribution in [1.82, 2.24) is 0 Å². The highest BCUT2D eigenvalue weighted by molar-refractivity contribution is 5.67. The third-order valence-electron chi connectivity index (χ3n) is 3.05. The summed E-state index contributed by atoms with van der Waals surface area (Å²) in [6.45, 7) is 4.09. The molecule has 0 bridgehead atoms. The molecule has 102 valence electrons. The van der Waals surface area contributed by atoms with Crippen LogP contribution in [0.3, 0.4) is 0 Å². The normalized spacial score (nSPS) is 10.4. The van der Waals surface area contributed by atoms with Crippen LogP contribution in [0.5, 0.6) is 0 Å². The monoisotopic (exact) mass is 273 g/mol. The van der Waals surface area contributed by atoms with E-state index in [0.717, 1.165) is 17.7 Å². The molecule has 0 fully saturated rings. The molecule has 0 aliphatic rings. The van der Waals surface area contributed by atoms with E-state index in [9.17, 15) is 8.78 Å². The summed E-state index contributed by atoms with van der Waals surface area (Å²) in [4.78, 5) is 2.51. The minimum Gasteiger partial charge on any atom is -0.206 e. The van der Waals surface area contributed by atoms with Crippen LogP contribution in [-0.4, -0.2) is 0 Å². The molecule has 0 aliphatic heterocycles. The number of nitrogens with zero attached hydrogens (tertiary/aromatic N) is 3. The first-order chi connectivity index (χ1) is 9.52. The fourth-order valence-electron chi connectivity index (χ4n) is 1.98. The van der Waals surface area contributed by atoms with Gasteiger partial charge in [0.15, 0.2) is 0 Å². The molecule has 20 heavy (non-hydrogen) atoms. The maximum atomic E-state index is 14.0. The Balaban J connectivity index is 2.49. The molecular weight excluding hydrogens is 260 g/mol. The maximum Gasteiger partial charge on any atom is 0.134 e. The fourth-order valence-corrected chi connectivity index (χ4v) is 1.98. The zero-order valence-corrected chi connectivity index (χ0v) is 11.1. The van der Waals surface area contributed by atoms with E-state index in [4.69, 9.17) is 5.53 Å². The van der Waals surface area contributed by atoms with E-state index in [1.54, 1.807) is 12.1 Å². The van der Waals surface area contributed by atoms with E-state index in [0.29, 0.717) is 11.5 Å². The van der Waals surface area contributed by atoms with Crippen LogP contribution in [0.25, 0.3) is 21.6 Å². The number of halogens is 2. The van der Waals surface area contributed by atoms with Crippen molar-refractivity contribution >= 4 is 5.69 Å². The smallest absolute Gasteiger partial charge is 0.134 e. The molecule has 3 nitrogen and oxygen atoms in total. The Morgan fingerprint density at radius 1 is 1.05 bits per heavy atom. The Morgan fingerprint density at radius 2 is 1.60 bits per heavy atom. The molecule has 0 aromatic heterocycles. The largest absolute Gasteiger partial charge is 0.206 e. The molecular formula is C15H13F2N3. The molecule has 0 spiro atoms. The number of benzene rings is 2. The lowest BCUT2D eigenvalue weighted by Gasteiger charge is -2.09. The third-order valence-corrected chi connectivity index (χ3v) is 3.05. The number of rotatable bonds is 3. The number of hydrogen-bond donors (Lipinski definition) is 0. The van der Waals surface area contributed by atoms with Gasteiger partial charge in [-0.3, -0.25) is 0 Å². The molecule has 0 saturated heterocycles. The van der Waals surface area contributed by atoms with Gasteiger partial charge in [-0.2, -0.15) is 0 Å². The Hall–Kier alpha value is -2.39. The standard InChI is InChI=1S/C15H13F2N3/c1-9(2)10-3-5-11(6-4-10)15-13(16)7-12(19-20-18)8-14(15)17/h3-9H,1-2H3. The van der Waals surface area contributed by atoms with Crippen molar-refractivity contribution < 1.29 is 8.78 Å². The fraction of sp³-hybridized carbons (Fsp3) is 0.200. The topological polar surface area (TPSA) is 48.8 Å². The third kappa shape index (κ3) is 2.78. The predicted molar refractivity (Wildman–Crippen MR) is 74.7 cm³/mol. The number of azide groups is 1. The van der Waals surface area contributed by atoms with Crippen LogP contribution >= 0.6 is 0 Å². The van der Waals surface area contributed by atoms with Gasteiger partial charge in [0.1, 0.15) is 11.6 Å². The van der Waals surface area contributed by atoms with Gasteiger partial charge in [0.25, 0.3) is 0 Å². The van der Waals surface area contributed by atoms with Gasteiger partial charge in [0.05, 0.1) is 5.56 Å². The first-order valence-electron chi connectivity index (χ1n) is 6.17. The minimum absolute atomic E-state index is 0.0787. The summed E-state index contributed by atoms with van der Waals surface area (Å²) < 4.78 is 27.9. The first-order valence-corrected chi connectivity index (χ1v) is 6.17. The molecule has 2 rings (SSSR count). The molecule has 0 heterocycles. The Kier molecular flexibility index (Phi) is 4.01. The van der Waals surface area contributed by atoms with Gasteiger partial charge in [0, 0.05) is 10.6 Å². The van der Waals surface area contributed by atoms with Gasteiger partial charge in [-0.1, -0.05) is 43.2 Å². The molecule has 0 amide bonds. The summed E-state index contributed by atoms with van der Waals surface area (Å²) in [6.07, 6.45) is 0. The molecule has 0 saturated carbocycles. The zero-order chi connectivity index (χ0) is 14.7. The van der Waals surface area contributed by atoms with E-state index >= 15 is 0 Å². The van der Waals surface area contributed by atoms with Crippen LogP contribution < -0.4 is 0 Å². The average Bonchev–Trinajstić information content (AvgIpc) is 2.39. The molecule has 2 aromatic carbocycles. The Labute approximate surface area is 115 Å². The molecule has 0 unspecified atom stereocenters. The molecule has 2 aromatic rings. The lowest BCUT2D eigenvalue weighted by molar-refractivity contribution is 0.590. The highest BCUT2D eigenvalue weighted by Gasteiger charge is 2.13. The highest BCUT2D eigenvalue weighted by Crippen LogP contribution is 2.30. The molecule has 0 N–H and O–H groups in total. The molecule has 0 radical (unpaired) electrons. The summed E-state index contributed by atoms with van der Waals surface area (Å²) in [5, 5.41) is 3.20. The summed E-state index contributed by atoms with van der Waals surface area (Å²) in [6, 6.07) is 9.11. The van der Waals surface area contributed by atoms with Crippen LogP contribution in [0.4, 0.5) is 14.5 Å². The summed E-state index contributed by atoms with van der Waals surface area (Å²) in [7, 11) is 0. The summed E-state index contributed by atoms with van der Waals surface area (Å²) in [5.74, 6) is -1.14. The second-order valence-corrected chi connectivity index (χ2v) is 4.75. The van der Waals surface area contributed by atoms with Crippen molar-refractivity contribution in [2.24, 2.45) is 5.11 Å². The second-order valence-electron chi connectivity index (χ2n) is 4.75. The zero-order valence-electron chi connectivity index (χ0n) is 11.1. The molecule has 0 atom stereocenters. The van der Waals surface area contributed by atoms with Crippen LogP contribution in [0, 0.1) is 11.6 Å². The van der Waals surface area contributed by atoms with Crippen LogP contribution in [0.1, 0.15) is 25.3 Å². The highest BCUT2D eigenvalue weighted by atomic mass is 19.1. The van der Waals surface area contributed by atoms with Gasteiger partial charge in [-0.05, 0) is 34.7 Å². The van der Waals surface area contributed by atoms with Crippen molar-refractivity contribution in [3.8, 4) is 11.1 Å². The lowest BCUT2D eigenvalue weighted by Crippen LogP contribution is -1.92. The molecule has 5 heteroatoms. The second kappa shape index (κ2) is 5.72. The predicted octanol–water partition coefficient (Wildman–Crippen LogP) is 5.70. The SMILES string of the molecule is CC(C)c1ccc(-c2c(F)cc(N=[N+]=[N-])cc2F)cc1. The van der Waals surface area contributed by atoms with Gasteiger partial charge in [-0.15, -0.1) is 0 Å². The van der Waals surface area contributed by atoms with Crippen molar-refractivity contribution in [2.45, 2.75) is 19.8 Å². The van der Waals surface area contributed by atoms with E-state index < -0.39 is 11.6 Å². The van der Waals surface area contributed by atoms with Crippen LogP contribution in [-0.2, 0) is 0 Å². The van der Waals surface area contributed by atoms with Crippen molar-refractivity contribution in [2.75, 3.05) is 0 Å². The van der Waals surface area contributed by atoms with Gasteiger partial charge >= 0.3 is 0 Å². The summed E-state index contributed by atoms with van der Waals surface area (Å²) in [5.41, 5.74) is 9.64. The quantitative estimate of drug-likeness (QED) is 0.391. The van der Waals surface area contributed by atoms with Gasteiger partial charge in [-0.25, -0.2) is 8.78 Å².